The van der Waals surface area contributed by atoms with Crippen molar-refractivity contribution in [2.75, 3.05) is 18.5 Å². The molecule has 0 aliphatic carbocycles. The van der Waals surface area contributed by atoms with E-state index in [1.807, 2.05) is 18.2 Å². The second kappa shape index (κ2) is 7.99. The third-order valence-corrected chi connectivity index (χ3v) is 3.47. The van der Waals surface area contributed by atoms with E-state index >= 15 is 0 Å². The standard InChI is InChI=1S/C18H26N2O/c1-4-19-18-16(13-21-11-7-8-14(2)3)12-15-9-5-6-10-17(15)20-18/h5-6,9-10,12,14H,4,7-8,11,13H2,1-3H3,(H,19,20). The number of anilines is 1. The minimum Gasteiger partial charge on any atom is -0.377 e. The van der Waals surface area contributed by atoms with Crippen molar-refractivity contribution in [3.63, 3.8) is 0 Å². The van der Waals surface area contributed by atoms with E-state index in [0.717, 1.165) is 42.4 Å². The molecule has 0 aliphatic heterocycles. The summed E-state index contributed by atoms with van der Waals surface area (Å²) in [5, 5.41) is 4.50. The molecule has 0 saturated carbocycles. The molecular weight excluding hydrogens is 260 g/mol. The topological polar surface area (TPSA) is 34.2 Å². The number of rotatable bonds is 8. The van der Waals surface area contributed by atoms with Crippen LogP contribution >= 0.6 is 0 Å². The molecule has 3 nitrogen and oxygen atoms in total. The molecule has 1 aromatic carbocycles. The first-order valence-corrected chi connectivity index (χ1v) is 7.91. The van der Waals surface area contributed by atoms with Gasteiger partial charge in [-0.15, -0.1) is 0 Å². The number of pyridine rings is 1. The zero-order valence-electron chi connectivity index (χ0n) is 13.4. The summed E-state index contributed by atoms with van der Waals surface area (Å²) in [6.07, 6.45) is 2.34. The lowest BCUT2D eigenvalue weighted by Gasteiger charge is -2.12. The average Bonchev–Trinajstić information content (AvgIpc) is 2.47. The number of para-hydroxylation sites is 1. The zero-order valence-corrected chi connectivity index (χ0v) is 13.4. The molecule has 0 spiro atoms. The molecule has 0 unspecified atom stereocenters. The molecule has 0 saturated heterocycles. The monoisotopic (exact) mass is 286 g/mol. The minimum atomic E-state index is 0.623. The Bertz CT molecular complexity index is 566. The molecule has 1 aromatic heterocycles. The Hall–Kier alpha value is -1.61. The van der Waals surface area contributed by atoms with Gasteiger partial charge in [-0.1, -0.05) is 32.0 Å². The minimum absolute atomic E-state index is 0.623. The maximum atomic E-state index is 5.83. The van der Waals surface area contributed by atoms with Crippen molar-refractivity contribution in [2.24, 2.45) is 5.92 Å². The van der Waals surface area contributed by atoms with Gasteiger partial charge in [-0.05, 0) is 37.8 Å². The first-order valence-electron chi connectivity index (χ1n) is 7.91. The van der Waals surface area contributed by atoms with Gasteiger partial charge in [-0.3, -0.25) is 0 Å². The van der Waals surface area contributed by atoms with Crippen LogP contribution in [0.3, 0.4) is 0 Å². The summed E-state index contributed by atoms with van der Waals surface area (Å²) in [6, 6.07) is 10.4. The molecule has 3 heteroatoms. The highest BCUT2D eigenvalue weighted by Crippen LogP contribution is 2.21. The summed E-state index contributed by atoms with van der Waals surface area (Å²) in [6.45, 7) is 8.89. The predicted octanol–water partition coefficient (Wildman–Crippen LogP) is 4.62. The molecule has 0 fully saturated rings. The number of nitrogens with zero attached hydrogens (tertiary/aromatic N) is 1. The van der Waals surface area contributed by atoms with E-state index in [1.54, 1.807) is 0 Å². The highest BCUT2D eigenvalue weighted by atomic mass is 16.5. The zero-order chi connectivity index (χ0) is 15.1. The van der Waals surface area contributed by atoms with Crippen molar-refractivity contribution in [3.05, 3.63) is 35.9 Å². The van der Waals surface area contributed by atoms with Gasteiger partial charge in [0.1, 0.15) is 5.82 Å². The van der Waals surface area contributed by atoms with Crippen molar-refractivity contribution < 1.29 is 4.74 Å². The summed E-state index contributed by atoms with van der Waals surface area (Å²) in [5.74, 6) is 1.69. The fraction of sp³-hybridized carbons (Fsp3) is 0.500. The lowest BCUT2D eigenvalue weighted by atomic mass is 10.1. The van der Waals surface area contributed by atoms with Crippen LogP contribution < -0.4 is 5.32 Å². The predicted molar refractivity (Wildman–Crippen MR) is 89.6 cm³/mol. The maximum absolute atomic E-state index is 5.83. The lowest BCUT2D eigenvalue weighted by molar-refractivity contribution is 0.115. The summed E-state index contributed by atoms with van der Waals surface area (Å²) in [7, 11) is 0. The smallest absolute Gasteiger partial charge is 0.132 e. The number of aromatic nitrogens is 1. The van der Waals surface area contributed by atoms with E-state index in [0.29, 0.717) is 6.61 Å². The number of nitrogens with one attached hydrogen (secondary N) is 1. The van der Waals surface area contributed by atoms with Gasteiger partial charge < -0.3 is 10.1 Å². The van der Waals surface area contributed by atoms with E-state index in [2.05, 4.69) is 38.2 Å². The van der Waals surface area contributed by atoms with Crippen LogP contribution in [0, 0.1) is 5.92 Å². The van der Waals surface area contributed by atoms with Crippen LogP contribution in [0.25, 0.3) is 10.9 Å². The highest BCUT2D eigenvalue weighted by Gasteiger charge is 2.06. The van der Waals surface area contributed by atoms with E-state index in [4.69, 9.17) is 9.72 Å². The number of benzene rings is 1. The third-order valence-electron chi connectivity index (χ3n) is 3.47. The van der Waals surface area contributed by atoms with Crippen LogP contribution in [0.1, 0.15) is 39.2 Å². The molecule has 1 N–H and O–H groups in total. The van der Waals surface area contributed by atoms with Gasteiger partial charge in [-0.2, -0.15) is 0 Å². The van der Waals surface area contributed by atoms with E-state index in [-0.39, 0.29) is 0 Å². The van der Waals surface area contributed by atoms with Crippen LogP contribution in [0.5, 0.6) is 0 Å². The average molecular weight is 286 g/mol. The van der Waals surface area contributed by atoms with Crippen molar-refractivity contribution in [1.82, 2.24) is 4.98 Å². The molecule has 0 amide bonds. The van der Waals surface area contributed by atoms with Crippen LogP contribution in [-0.4, -0.2) is 18.1 Å². The molecule has 2 rings (SSSR count). The number of ether oxygens (including phenoxy) is 1. The van der Waals surface area contributed by atoms with Gasteiger partial charge in [-0.25, -0.2) is 4.98 Å². The number of fused-ring (bicyclic) bond motifs is 1. The second-order valence-electron chi connectivity index (χ2n) is 5.81. The normalized spacial score (nSPS) is 11.2. The maximum Gasteiger partial charge on any atom is 0.132 e. The van der Waals surface area contributed by atoms with Gasteiger partial charge in [0.15, 0.2) is 0 Å². The third kappa shape index (κ3) is 4.71. The number of hydrogen-bond donors (Lipinski definition) is 1. The Morgan fingerprint density at radius 1 is 1.24 bits per heavy atom. The van der Waals surface area contributed by atoms with E-state index < -0.39 is 0 Å². The fourth-order valence-corrected chi connectivity index (χ4v) is 2.37. The second-order valence-corrected chi connectivity index (χ2v) is 5.81. The molecule has 0 radical (unpaired) electrons. The Labute approximate surface area is 127 Å². The van der Waals surface area contributed by atoms with Crippen LogP contribution in [0.15, 0.2) is 30.3 Å². The first kappa shape index (κ1) is 15.8. The van der Waals surface area contributed by atoms with E-state index in [9.17, 15) is 0 Å². The largest absolute Gasteiger partial charge is 0.377 e. The Morgan fingerprint density at radius 2 is 2.05 bits per heavy atom. The summed E-state index contributed by atoms with van der Waals surface area (Å²) in [4.78, 5) is 4.70. The Kier molecular flexibility index (Phi) is 6.00. The van der Waals surface area contributed by atoms with Gasteiger partial charge in [0.2, 0.25) is 0 Å². The molecule has 0 bridgehead atoms. The molecule has 0 atom stereocenters. The fourth-order valence-electron chi connectivity index (χ4n) is 2.37. The van der Waals surface area contributed by atoms with Crippen LogP contribution in [-0.2, 0) is 11.3 Å². The van der Waals surface area contributed by atoms with Crippen molar-refractivity contribution in [1.29, 1.82) is 0 Å². The Morgan fingerprint density at radius 3 is 2.81 bits per heavy atom. The SMILES string of the molecule is CCNc1nc2ccccc2cc1COCCCC(C)C. The van der Waals surface area contributed by atoms with Crippen molar-refractivity contribution >= 4 is 16.7 Å². The van der Waals surface area contributed by atoms with Gasteiger partial charge in [0.25, 0.3) is 0 Å². The summed E-state index contributed by atoms with van der Waals surface area (Å²) in [5.41, 5.74) is 2.16. The van der Waals surface area contributed by atoms with Crippen LogP contribution in [0.2, 0.25) is 0 Å². The number of hydrogen-bond acceptors (Lipinski definition) is 3. The quantitative estimate of drug-likeness (QED) is 0.719. The highest BCUT2D eigenvalue weighted by molar-refractivity contribution is 5.81. The molecule has 21 heavy (non-hydrogen) atoms. The first-order chi connectivity index (χ1) is 10.2. The summed E-state index contributed by atoms with van der Waals surface area (Å²) >= 11 is 0. The van der Waals surface area contributed by atoms with Gasteiger partial charge in [0, 0.05) is 24.1 Å². The molecule has 0 aliphatic rings. The molecule has 114 valence electrons. The lowest BCUT2D eigenvalue weighted by Crippen LogP contribution is -2.06. The molecular formula is C18H26N2O. The van der Waals surface area contributed by atoms with Crippen molar-refractivity contribution in [3.8, 4) is 0 Å². The summed E-state index contributed by atoms with van der Waals surface area (Å²) < 4.78 is 5.83. The van der Waals surface area contributed by atoms with Crippen LogP contribution in [0.4, 0.5) is 5.82 Å². The molecule has 1 heterocycles. The Balaban J connectivity index is 2.04. The van der Waals surface area contributed by atoms with Crippen molar-refractivity contribution in [2.45, 2.75) is 40.2 Å². The molecule has 2 aromatic rings. The van der Waals surface area contributed by atoms with Gasteiger partial charge in [0.05, 0.1) is 12.1 Å². The van der Waals surface area contributed by atoms with Gasteiger partial charge >= 0.3 is 0 Å². The van der Waals surface area contributed by atoms with E-state index in [1.165, 1.54) is 11.8 Å².